The van der Waals surface area contributed by atoms with Gasteiger partial charge in [-0.25, -0.2) is 9.78 Å². The third kappa shape index (κ3) is 4.45. The first-order chi connectivity index (χ1) is 12.5. The summed E-state index contributed by atoms with van der Waals surface area (Å²) in [6, 6.07) is 3.59. The van der Waals surface area contributed by atoms with Gasteiger partial charge in [-0.1, -0.05) is 23.2 Å². The van der Waals surface area contributed by atoms with E-state index in [0.717, 1.165) is 24.5 Å². The normalized spacial score (nSPS) is 13.6. The van der Waals surface area contributed by atoms with E-state index < -0.39 is 23.7 Å². The molecule has 146 valence electrons. The molecule has 2 rings (SSSR count). The van der Waals surface area contributed by atoms with Gasteiger partial charge < -0.3 is 15.4 Å². The highest BCUT2D eigenvalue weighted by Gasteiger charge is 2.64. The van der Waals surface area contributed by atoms with Crippen LogP contribution < -0.4 is 10.6 Å². The number of aromatic nitrogens is 1. The van der Waals surface area contributed by atoms with Gasteiger partial charge in [0, 0.05) is 10.4 Å². The first-order valence-electron chi connectivity index (χ1n) is 7.13. The highest BCUT2D eigenvalue weighted by atomic mass is 35.5. The Bertz CT molecular complexity index is 875. The number of halogens is 5. The molecule has 1 atom stereocenters. The number of carbonyl (C=O) groups is 2. The molecule has 0 aliphatic heterocycles. The Morgan fingerprint density at radius 3 is 2.41 bits per heavy atom. The molecule has 1 aromatic heterocycles. The van der Waals surface area contributed by atoms with Crippen LogP contribution in [0.5, 0.6) is 0 Å². The Morgan fingerprint density at radius 2 is 1.93 bits per heavy atom. The second-order valence-corrected chi connectivity index (χ2v) is 6.94. The number of hydrogen-bond acceptors (Lipinski definition) is 6. The maximum Gasteiger partial charge on any atom is 0.442 e. The molecule has 0 aliphatic rings. The second kappa shape index (κ2) is 7.91. The average molecular weight is 442 g/mol. The standard InChI is InChI=1S/C15H12Cl2F3N3O3S/c1-7-6-27-13(21-7)23-14(12(25)26-2,15(18,19)20)22-11(24)9-4-3-8(16)5-10(9)17/h3-6H,1-2H3,(H,21,23)(H,22,24)/t14-/m1/s1. The lowest BCUT2D eigenvalue weighted by Gasteiger charge is -2.34. The van der Waals surface area contributed by atoms with Crippen LogP contribution in [0.1, 0.15) is 16.1 Å². The quantitative estimate of drug-likeness (QED) is 0.540. The summed E-state index contributed by atoms with van der Waals surface area (Å²) in [5, 5.41) is 4.81. The van der Waals surface area contributed by atoms with E-state index in [9.17, 15) is 22.8 Å². The summed E-state index contributed by atoms with van der Waals surface area (Å²) < 4.78 is 46.0. The fourth-order valence-electron chi connectivity index (χ4n) is 2.03. The summed E-state index contributed by atoms with van der Waals surface area (Å²) in [5.74, 6) is -3.04. The lowest BCUT2D eigenvalue weighted by molar-refractivity contribution is -0.203. The van der Waals surface area contributed by atoms with E-state index in [0.29, 0.717) is 5.69 Å². The summed E-state index contributed by atoms with van der Waals surface area (Å²) >= 11 is 12.4. The molecule has 1 aromatic carbocycles. The monoisotopic (exact) mass is 441 g/mol. The molecule has 6 nitrogen and oxygen atoms in total. The molecular weight excluding hydrogens is 430 g/mol. The number of nitrogens with zero attached hydrogens (tertiary/aromatic N) is 1. The Morgan fingerprint density at radius 1 is 1.26 bits per heavy atom. The molecule has 1 heterocycles. The van der Waals surface area contributed by atoms with Gasteiger partial charge >= 0.3 is 17.8 Å². The molecule has 0 radical (unpaired) electrons. The number of ether oxygens (including phenoxy) is 1. The summed E-state index contributed by atoms with van der Waals surface area (Å²) in [6.45, 7) is 1.56. The molecule has 12 heteroatoms. The second-order valence-electron chi connectivity index (χ2n) is 5.24. The van der Waals surface area contributed by atoms with Gasteiger partial charge in [0.15, 0.2) is 5.13 Å². The summed E-state index contributed by atoms with van der Waals surface area (Å²) in [7, 11) is 0.763. The van der Waals surface area contributed by atoms with Gasteiger partial charge in [0.25, 0.3) is 5.91 Å². The molecule has 0 aliphatic carbocycles. The number of amides is 1. The number of thiazole rings is 1. The average Bonchev–Trinajstić information content (AvgIpc) is 2.97. The van der Waals surface area contributed by atoms with E-state index in [4.69, 9.17) is 23.2 Å². The zero-order valence-corrected chi connectivity index (χ0v) is 16.1. The molecule has 1 amide bonds. The number of methoxy groups -OCH3 is 1. The van der Waals surface area contributed by atoms with Crippen molar-refractivity contribution in [3.05, 3.63) is 44.9 Å². The van der Waals surface area contributed by atoms with Crippen LogP contribution in [0.3, 0.4) is 0 Å². The van der Waals surface area contributed by atoms with E-state index in [1.54, 1.807) is 12.2 Å². The number of rotatable bonds is 5. The predicted molar refractivity (Wildman–Crippen MR) is 95.2 cm³/mol. The third-order valence-electron chi connectivity index (χ3n) is 3.31. The molecule has 2 aromatic rings. The molecule has 0 unspecified atom stereocenters. The van der Waals surface area contributed by atoms with Crippen LogP contribution in [0.4, 0.5) is 18.3 Å². The van der Waals surface area contributed by atoms with Crippen molar-refractivity contribution in [1.29, 1.82) is 0 Å². The highest BCUT2D eigenvalue weighted by molar-refractivity contribution is 7.13. The SMILES string of the molecule is COC(=O)[C@@](NC(=O)c1ccc(Cl)cc1Cl)(Nc1nc(C)cs1)C(F)(F)F. The molecule has 0 fully saturated rings. The van der Waals surface area contributed by atoms with Crippen molar-refractivity contribution < 1.29 is 27.5 Å². The molecular formula is C15H12Cl2F3N3O3S. The number of esters is 1. The number of alkyl halides is 3. The van der Waals surface area contributed by atoms with Gasteiger partial charge in [-0.2, -0.15) is 13.2 Å². The van der Waals surface area contributed by atoms with Crippen LogP contribution in [0.25, 0.3) is 0 Å². The Balaban J connectivity index is 2.50. The lowest BCUT2D eigenvalue weighted by atomic mass is 10.1. The minimum Gasteiger partial charge on any atom is -0.466 e. The number of hydrogen-bond donors (Lipinski definition) is 2. The topological polar surface area (TPSA) is 80.3 Å². The highest BCUT2D eigenvalue weighted by Crippen LogP contribution is 2.34. The molecule has 0 saturated carbocycles. The first-order valence-corrected chi connectivity index (χ1v) is 8.76. The van der Waals surface area contributed by atoms with Crippen molar-refractivity contribution in [1.82, 2.24) is 10.3 Å². The lowest BCUT2D eigenvalue weighted by Crippen LogP contribution is -2.69. The van der Waals surface area contributed by atoms with Gasteiger partial charge in [-0.05, 0) is 25.1 Å². The number of benzene rings is 1. The van der Waals surface area contributed by atoms with E-state index in [2.05, 4.69) is 9.72 Å². The summed E-state index contributed by atoms with van der Waals surface area (Å²) in [5.41, 5.74) is -3.46. The van der Waals surface area contributed by atoms with Crippen molar-refractivity contribution in [3.8, 4) is 0 Å². The minimum atomic E-state index is -5.27. The first kappa shape index (κ1) is 21.3. The van der Waals surface area contributed by atoms with E-state index >= 15 is 0 Å². The maximum absolute atomic E-state index is 13.9. The van der Waals surface area contributed by atoms with Gasteiger partial charge in [0.2, 0.25) is 0 Å². The zero-order chi connectivity index (χ0) is 20.4. The molecule has 2 N–H and O–H groups in total. The van der Waals surface area contributed by atoms with Crippen LogP contribution >= 0.6 is 34.5 Å². The van der Waals surface area contributed by atoms with Crippen LogP contribution in [-0.4, -0.2) is 35.8 Å². The summed E-state index contributed by atoms with van der Waals surface area (Å²) in [4.78, 5) is 28.4. The Labute approximate surface area is 165 Å². The van der Waals surface area contributed by atoms with Gasteiger partial charge in [0.05, 0.1) is 23.4 Å². The van der Waals surface area contributed by atoms with Crippen molar-refractivity contribution in [3.63, 3.8) is 0 Å². The van der Waals surface area contributed by atoms with Crippen LogP contribution in [-0.2, 0) is 9.53 Å². The predicted octanol–water partition coefficient (Wildman–Crippen LogP) is 4.03. The van der Waals surface area contributed by atoms with E-state index in [1.807, 2.05) is 5.32 Å². The van der Waals surface area contributed by atoms with E-state index in [1.165, 1.54) is 17.5 Å². The molecule has 0 spiro atoms. The fourth-order valence-corrected chi connectivity index (χ4v) is 3.26. The minimum absolute atomic E-state index is 0.183. The largest absolute Gasteiger partial charge is 0.466 e. The van der Waals surface area contributed by atoms with Crippen molar-refractivity contribution in [2.45, 2.75) is 18.8 Å². The number of aryl methyl sites for hydroxylation is 1. The van der Waals surface area contributed by atoms with Crippen molar-refractivity contribution in [2.75, 3.05) is 12.4 Å². The van der Waals surface area contributed by atoms with Gasteiger partial charge in [-0.3, -0.25) is 4.79 Å². The Kier molecular flexibility index (Phi) is 6.23. The molecule has 0 bridgehead atoms. The smallest absolute Gasteiger partial charge is 0.442 e. The van der Waals surface area contributed by atoms with Crippen LogP contribution in [0.15, 0.2) is 23.6 Å². The zero-order valence-electron chi connectivity index (χ0n) is 13.8. The fraction of sp³-hybridized carbons (Fsp3) is 0.267. The Hall–Kier alpha value is -2.04. The van der Waals surface area contributed by atoms with Gasteiger partial charge in [0.1, 0.15) is 0 Å². The van der Waals surface area contributed by atoms with Crippen LogP contribution in [0.2, 0.25) is 10.0 Å². The molecule has 27 heavy (non-hydrogen) atoms. The number of anilines is 1. The molecule has 0 saturated heterocycles. The summed E-state index contributed by atoms with van der Waals surface area (Å²) in [6.07, 6.45) is -5.27. The number of nitrogens with one attached hydrogen (secondary N) is 2. The van der Waals surface area contributed by atoms with Crippen molar-refractivity contribution in [2.24, 2.45) is 0 Å². The van der Waals surface area contributed by atoms with E-state index in [-0.39, 0.29) is 20.7 Å². The third-order valence-corrected chi connectivity index (χ3v) is 4.73. The van der Waals surface area contributed by atoms with Gasteiger partial charge in [-0.15, -0.1) is 11.3 Å². The van der Waals surface area contributed by atoms with Crippen LogP contribution in [0, 0.1) is 6.92 Å². The van der Waals surface area contributed by atoms with Crippen molar-refractivity contribution >= 4 is 51.5 Å². The number of carbonyl (C=O) groups excluding carboxylic acids is 2. The maximum atomic E-state index is 13.9.